The van der Waals surface area contributed by atoms with Crippen LogP contribution < -0.4 is 5.32 Å². The van der Waals surface area contributed by atoms with Crippen molar-refractivity contribution >= 4 is 23.5 Å². The molecule has 1 aliphatic heterocycles. The molecule has 1 aliphatic rings. The number of nitrogens with one attached hydrogen (secondary N) is 1. The van der Waals surface area contributed by atoms with E-state index < -0.39 is 6.55 Å². The van der Waals surface area contributed by atoms with E-state index in [0.717, 1.165) is 10.1 Å². The molecule has 162 valence electrons. The third-order valence-electron chi connectivity index (χ3n) is 4.84. The van der Waals surface area contributed by atoms with Crippen LogP contribution in [0.3, 0.4) is 0 Å². The van der Waals surface area contributed by atoms with Gasteiger partial charge in [-0.15, -0.1) is 0 Å². The third kappa shape index (κ3) is 5.69. The van der Waals surface area contributed by atoms with Gasteiger partial charge in [0.25, 0.3) is 0 Å². The van der Waals surface area contributed by atoms with Gasteiger partial charge in [-0.3, -0.25) is 9.36 Å². The molecule has 2 aromatic rings. The van der Waals surface area contributed by atoms with Gasteiger partial charge in [0, 0.05) is 50.1 Å². The minimum atomic E-state index is -2.64. The van der Waals surface area contributed by atoms with Crippen LogP contribution in [0.2, 0.25) is 5.02 Å². The van der Waals surface area contributed by atoms with Crippen LogP contribution in [0, 0.1) is 0 Å². The average Bonchev–Trinajstić information content (AvgIpc) is 3.20. The number of hydrogen-bond donors (Lipinski definition) is 1. The number of rotatable bonds is 6. The van der Waals surface area contributed by atoms with Gasteiger partial charge in [0.05, 0.1) is 6.42 Å². The number of aliphatic imine (C=N–C) groups is 1. The largest absolute Gasteiger partial charge is 0.357 e. The number of halogens is 3. The number of imidazole rings is 1. The summed E-state index contributed by atoms with van der Waals surface area (Å²) in [6.07, 6.45) is 2.89. The van der Waals surface area contributed by atoms with E-state index in [-0.39, 0.29) is 18.3 Å². The second-order valence-corrected chi connectivity index (χ2v) is 7.31. The fourth-order valence-corrected chi connectivity index (χ4v) is 3.53. The highest BCUT2D eigenvalue weighted by Gasteiger charge is 2.23. The first-order valence-corrected chi connectivity index (χ1v) is 10.2. The van der Waals surface area contributed by atoms with Crippen LogP contribution in [0.4, 0.5) is 8.78 Å². The molecule has 30 heavy (non-hydrogen) atoms. The molecular formula is C20H25ClF2N6O. The van der Waals surface area contributed by atoms with Crippen molar-refractivity contribution in [2.45, 2.75) is 26.4 Å². The lowest BCUT2D eigenvalue weighted by Gasteiger charge is -2.36. The summed E-state index contributed by atoms with van der Waals surface area (Å²) >= 11 is 5.99. The van der Waals surface area contributed by atoms with Crippen molar-refractivity contribution in [1.82, 2.24) is 24.7 Å². The second kappa shape index (κ2) is 10.4. The number of hydrogen-bond acceptors (Lipinski definition) is 3. The number of aromatic nitrogens is 2. The highest BCUT2D eigenvalue weighted by atomic mass is 35.5. The number of benzene rings is 1. The van der Waals surface area contributed by atoms with Crippen LogP contribution >= 0.6 is 11.6 Å². The maximum Gasteiger partial charge on any atom is 0.319 e. The van der Waals surface area contributed by atoms with Crippen LogP contribution in [0.25, 0.3) is 0 Å². The molecule has 0 unspecified atom stereocenters. The first-order valence-electron chi connectivity index (χ1n) is 9.83. The van der Waals surface area contributed by atoms with E-state index in [1.54, 1.807) is 12.1 Å². The molecule has 1 fully saturated rings. The summed E-state index contributed by atoms with van der Waals surface area (Å²) in [6, 6.07) is 7.30. The SMILES string of the molecule is CCNC(=NCc1nccn1C(F)F)N1CCN(C(=O)Cc2cccc(Cl)c2)CC1. The van der Waals surface area contributed by atoms with Crippen molar-refractivity contribution in [3.63, 3.8) is 0 Å². The first kappa shape index (κ1) is 22.0. The quantitative estimate of drug-likeness (QED) is 0.556. The zero-order valence-corrected chi connectivity index (χ0v) is 17.5. The molecule has 3 rings (SSSR count). The molecule has 2 heterocycles. The molecule has 0 atom stereocenters. The average molecular weight is 439 g/mol. The molecule has 1 amide bonds. The minimum absolute atomic E-state index is 0.0492. The summed E-state index contributed by atoms with van der Waals surface area (Å²) in [6.45, 7) is 2.34. The van der Waals surface area contributed by atoms with E-state index in [0.29, 0.717) is 50.1 Å². The standard InChI is InChI=1S/C20H25ClF2N6O/c1-2-24-20(26-14-17-25-6-7-29(17)19(22)23)28-10-8-27(9-11-28)18(30)13-15-4-3-5-16(21)12-15/h3-7,12,19H,2,8-11,13-14H2,1H3,(H,24,26). The van der Waals surface area contributed by atoms with Crippen molar-refractivity contribution in [2.75, 3.05) is 32.7 Å². The number of carbonyl (C=O) groups excluding carboxylic acids is 1. The van der Waals surface area contributed by atoms with Crippen molar-refractivity contribution < 1.29 is 13.6 Å². The number of amides is 1. The van der Waals surface area contributed by atoms with E-state index in [2.05, 4.69) is 15.3 Å². The highest BCUT2D eigenvalue weighted by Crippen LogP contribution is 2.14. The summed E-state index contributed by atoms with van der Waals surface area (Å²) < 4.78 is 26.8. The fourth-order valence-electron chi connectivity index (χ4n) is 3.32. The Balaban J connectivity index is 1.58. The number of guanidine groups is 1. The Kier molecular flexibility index (Phi) is 7.62. The van der Waals surface area contributed by atoms with E-state index in [1.165, 1.54) is 12.4 Å². The van der Waals surface area contributed by atoms with Crippen molar-refractivity contribution in [2.24, 2.45) is 4.99 Å². The second-order valence-electron chi connectivity index (χ2n) is 6.87. The predicted octanol–water partition coefficient (Wildman–Crippen LogP) is 2.78. The van der Waals surface area contributed by atoms with E-state index in [1.807, 2.05) is 28.9 Å². The lowest BCUT2D eigenvalue weighted by Crippen LogP contribution is -2.54. The smallest absolute Gasteiger partial charge is 0.319 e. The zero-order chi connectivity index (χ0) is 21.5. The van der Waals surface area contributed by atoms with Crippen molar-refractivity contribution in [3.05, 3.63) is 53.1 Å². The van der Waals surface area contributed by atoms with Crippen LogP contribution in [0.1, 0.15) is 24.9 Å². The van der Waals surface area contributed by atoms with Crippen molar-refractivity contribution in [3.8, 4) is 0 Å². The van der Waals surface area contributed by atoms with Crippen LogP contribution in [-0.4, -0.2) is 63.9 Å². The Morgan fingerprint density at radius 3 is 2.67 bits per heavy atom. The fraction of sp³-hybridized carbons (Fsp3) is 0.450. The summed E-state index contributed by atoms with van der Waals surface area (Å²) in [5, 5.41) is 3.80. The van der Waals surface area contributed by atoms with Gasteiger partial charge in [-0.2, -0.15) is 8.78 Å². The Bertz CT molecular complexity index is 880. The molecule has 0 spiro atoms. The predicted molar refractivity (Wildman–Crippen MR) is 112 cm³/mol. The molecule has 0 bridgehead atoms. The number of piperazine rings is 1. The van der Waals surface area contributed by atoms with Gasteiger partial charge in [-0.1, -0.05) is 23.7 Å². The third-order valence-corrected chi connectivity index (χ3v) is 5.08. The molecule has 1 saturated heterocycles. The molecule has 1 aromatic carbocycles. The maximum absolute atomic E-state index is 13.0. The highest BCUT2D eigenvalue weighted by molar-refractivity contribution is 6.30. The Morgan fingerprint density at radius 1 is 1.27 bits per heavy atom. The molecule has 0 radical (unpaired) electrons. The van der Waals surface area contributed by atoms with Gasteiger partial charge in [0.15, 0.2) is 5.96 Å². The van der Waals surface area contributed by atoms with Gasteiger partial charge < -0.3 is 15.1 Å². The molecule has 1 aromatic heterocycles. The Hall–Kier alpha value is -2.68. The molecule has 0 saturated carbocycles. The Morgan fingerprint density at radius 2 is 2.00 bits per heavy atom. The number of carbonyl (C=O) groups is 1. The number of alkyl halides is 2. The summed E-state index contributed by atoms with van der Waals surface area (Å²) in [5.74, 6) is 0.886. The van der Waals surface area contributed by atoms with Gasteiger partial charge >= 0.3 is 6.55 Å². The Labute approximate surface area is 179 Å². The minimum Gasteiger partial charge on any atom is -0.357 e. The van der Waals surface area contributed by atoms with Crippen molar-refractivity contribution in [1.29, 1.82) is 0 Å². The summed E-state index contributed by atoms with van der Waals surface area (Å²) in [4.78, 5) is 24.9. The van der Waals surface area contributed by atoms with Gasteiger partial charge in [0.1, 0.15) is 12.4 Å². The normalized spacial score (nSPS) is 15.0. The molecular weight excluding hydrogens is 414 g/mol. The van der Waals surface area contributed by atoms with E-state index in [9.17, 15) is 13.6 Å². The number of nitrogens with zero attached hydrogens (tertiary/aromatic N) is 5. The van der Waals surface area contributed by atoms with E-state index >= 15 is 0 Å². The summed E-state index contributed by atoms with van der Waals surface area (Å²) in [7, 11) is 0. The van der Waals surface area contributed by atoms with Gasteiger partial charge in [-0.05, 0) is 24.6 Å². The van der Waals surface area contributed by atoms with Crippen LogP contribution in [-0.2, 0) is 17.8 Å². The van der Waals surface area contributed by atoms with Gasteiger partial charge in [-0.25, -0.2) is 9.98 Å². The van der Waals surface area contributed by atoms with Crippen LogP contribution in [0.15, 0.2) is 41.7 Å². The van der Waals surface area contributed by atoms with Crippen LogP contribution in [0.5, 0.6) is 0 Å². The molecule has 0 aliphatic carbocycles. The zero-order valence-electron chi connectivity index (χ0n) is 16.8. The molecule has 7 nitrogen and oxygen atoms in total. The molecule has 10 heteroatoms. The topological polar surface area (TPSA) is 65.8 Å². The maximum atomic E-state index is 13.0. The summed E-state index contributed by atoms with van der Waals surface area (Å²) in [5.41, 5.74) is 0.888. The van der Waals surface area contributed by atoms with Gasteiger partial charge in [0.2, 0.25) is 5.91 Å². The first-order chi connectivity index (χ1) is 14.5. The lowest BCUT2D eigenvalue weighted by atomic mass is 10.1. The monoisotopic (exact) mass is 438 g/mol. The lowest BCUT2D eigenvalue weighted by molar-refractivity contribution is -0.131. The van der Waals surface area contributed by atoms with E-state index in [4.69, 9.17) is 11.6 Å². The molecule has 1 N–H and O–H groups in total.